The van der Waals surface area contributed by atoms with Crippen molar-refractivity contribution in [1.29, 1.82) is 0 Å². The highest BCUT2D eigenvalue weighted by molar-refractivity contribution is 5.11. The summed E-state index contributed by atoms with van der Waals surface area (Å²) in [7, 11) is 0. The van der Waals surface area contributed by atoms with E-state index < -0.39 is 11.7 Å². The third-order valence-corrected chi connectivity index (χ3v) is 2.65. The molecule has 0 amide bonds. The Kier molecular flexibility index (Phi) is 4.17. The van der Waals surface area contributed by atoms with Gasteiger partial charge in [-0.3, -0.25) is 0 Å². The minimum absolute atomic E-state index is 0.570. The normalized spacial score (nSPS) is 17.1. The van der Waals surface area contributed by atoms with E-state index in [0.29, 0.717) is 12.2 Å². The summed E-state index contributed by atoms with van der Waals surface area (Å²) in [6.07, 6.45) is 4.72. The van der Waals surface area contributed by atoms with E-state index in [-0.39, 0.29) is 0 Å². The van der Waals surface area contributed by atoms with Crippen molar-refractivity contribution in [3.05, 3.63) is 24.3 Å². The summed E-state index contributed by atoms with van der Waals surface area (Å²) in [6, 6.07) is 0. The second-order valence-electron chi connectivity index (χ2n) is 3.67. The maximum atomic E-state index is 10.2. The van der Waals surface area contributed by atoms with Gasteiger partial charge in [-0.05, 0) is 20.3 Å². The SMILES string of the molecule is CCOC(C)(CC)C(O)c1cncnc1. The Bertz CT molecular complexity index is 292. The standard InChI is InChI=1S/C11H18N2O2/c1-4-11(3,15-5-2)10(14)9-6-12-8-13-7-9/h6-8,10,14H,4-5H2,1-3H3. The number of rotatable bonds is 5. The first-order valence-electron chi connectivity index (χ1n) is 5.21. The molecule has 0 fully saturated rings. The van der Waals surface area contributed by atoms with E-state index in [0.717, 1.165) is 6.42 Å². The van der Waals surface area contributed by atoms with E-state index in [2.05, 4.69) is 9.97 Å². The van der Waals surface area contributed by atoms with Crippen LogP contribution in [-0.2, 0) is 4.74 Å². The van der Waals surface area contributed by atoms with E-state index in [4.69, 9.17) is 4.74 Å². The zero-order chi connectivity index (χ0) is 11.3. The summed E-state index contributed by atoms with van der Waals surface area (Å²) in [6.45, 7) is 6.38. The van der Waals surface area contributed by atoms with Crippen LogP contribution in [0.5, 0.6) is 0 Å². The third-order valence-electron chi connectivity index (χ3n) is 2.65. The van der Waals surface area contributed by atoms with E-state index >= 15 is 0 Å². The van der Waals surface area contributed by atoms with Gasteiger partial charge in [-0.2, -0.15) is 0 Å². The van der Waals surface area contributed by atoms with Gasteiger partial charge in [0.25, 0.3) is 0 Å². The predicted molar refractivity (Wildman–Crippen MR) is 57.3 cm³/mol. The molecule has 4 nitrogen and oxygen atoms in total. The van der Waals surface area contributed by atoms with Gasteiger partial charge in [0, 0.05) is 24.6 Å². The predicted octanol–water partition coefficient (Wildman–Crippen LogP) is 1.72. The van der Waals surface area contributed by atoms with Gasteiger partial charge in [-0.1, -0.05) is 6.92 Å². The van der Waals surface area contributed by atoms with E-state index in [1.165, 1.54) is 6.33 Å². The van der Waals surface area contributed by atoms with Gasteiger partial charge >= 0.3 is 0 Å². The van der Waals surface area contributed by atoms with Crippen LogP contribution in [0.1, 0.15) is 38.9 Å². The molecule has 15 heavy (non-hydrogen) atoms. The van der Waals surface area contributed by atoms with Crippen LogP contribution in [-0.4, -0.2) is 27.3 Å². The molecule has 0 saturated carbocycles. The maximum absolute atomic E-state index is 10.2. The van der Waals surface area contributed by atoms with Crippen LogP contribution in [0.4, 0.5) is 0 Å². The van der Waals surface area contributed by atoms with Crippen molar-refractivity contribution in [2.45, 2.75) is 38.9 Å². The molecule has 1 N–H and O–H groups in total. The molecule has 4 heteroatoms. The third kappa shape index (κ3) is 2.73. The Morgan fingerprint density at radius 2 is 2.00 bits per heavy atom. The van der Waals surface area contributed by atoms with Crippen molar-refractivity contribution in [3.8, 4) is 0 Å². The number of hydrogen-bond acceptors (Lipinski definition) is 4. The Balaban J connectivity index is 2.86. The first-order chi connectivity index (χ1) is 7.14. The van der Waals surface area contributed by atoms with Crippen LogP contribution in [0.2, 0.25) is 0 Å². The van der Waals surface area contributed by atoms with Gasteiger partial charge in [0.05, 0.1) is 5.60 Å². The number of aliphatic hydroxyl groups excluding tert-OH is 1. The van der Waals surface area contributed by atoms with Gasteiger partial charge < -0.3 is 9.84 Å². The largest absolute Gasteiger partial charge is 0.385 e. The van der Waals surface area contributed by atoms with Crippen molar-refractivity contribution in [2.75, 3.05) is 6.61 Å². The van der Waals surface area contributed by atoms with E-state index in [1.54, 1.807) is 12.4 Å². The topological polar surface area (TPSA) is 55.2 Å². The quantitative estimate of drug-likeness (QED) is 0.804. The Labute approximate surface area is 90.3 Å². The lowest BCUT2D eigenvalue weighted by atomic mass is 9.91. The molecule has 0 saturated heterocycles. The highest BCUT2D eigenvalue weighted by Gasteiger charge is 2.33. The summed E-state index contributed by atoms with van der Waals surface area (Å²) >= 11 is 0. The molecule has 84 valence electrons. The molecule has 0 aliphatic rings. The smallest absolute Gasteiger partial charge is 0.115 e. The molecule has 0 spiro atoms. The molecule has 2 atom stereocenters. The van der Waals surface area contributed by atoms with E-state index in [1.807, 2.05) is 20.8 Å². The van der Waals surface area contributed by atoms with Gasteiger partial charge in [-0.15, -0.1) is 0 Å². The molecular formula is C11H18N2O2. The zero-order valence-corrected chi connectivity index (χ0v) is 9.47. The maximum Gasteiger partial charge on any atom is 0.115 e. The van der Waals surface area contributed by atoms with Gasteiger partial charge in [-0.25, -0.2) is 9.97 Å². The molecule has 0 bridgehead atoms. The Morgan fingerprint density at radius 1 is 1.40 bits per heavy atom. The Morgan fingerprint density at radius 3 is 2.47 bits per heavy atom. The minimum atomic E-state index is -0.691. The molecule has 0 aromatic carbocycles. The summed E-state index contributed by atoms with van der Waals surface area (Å²) < 4.78 is 5.59. The van der Waals surface area contributed by atoms with Crippen molar-refractivity contribution in [3.63, 3.8) is 0 Å². The molecule has 1 aromatic rings. The van der Waals surface area contributed by atoms with Crippen LogP contribution < -0.4 is 0 Å². The van der Waals surface area contributed by atoms with Crippen molar-refractivity contribution in [2.24, 2.45) is 0 Å². The van der Waals surface area contributed by atoms with Crippen molar-refractivity contribution < 1.29 is 9.84 Å². The second-order valence-corrected chi connectivity index (χ2v) is 3.67. The average Bonchev–Trinajstić information content (AvgIpc) is 2.29. The fourth-order valence-electron chi connectivity index (χ4n) is 1.51. The molecule has 1 rings (SSSR count). The first kappa shape index (κ1) is 12.1. The fraction of sp³-hybridized carbons (Fsp3) is 0.636. The summed E-state index contributed by atoms with van der Waals surface area (Å²) in [5.74, 6) is 0. The van der Waals surface area contributed by atoms with Crippen LogP contribution in [0.25, 0.3) is 0 Å². The molecular weight excluding hydrogens is 192 g/mol. The summed E-state index contributed by atoms with van der Waals surface area (Å²) in [4.78, 5) is 7.77. The lowest BCUT2D eigenvalue weighted by Crippen LogP contribution is -2.35. The van der Waals surface area contributed by atoms with Gasteiger partial charge in [0.15, 0.2) is 0 Å². The van der Waals surface area contributed by atoms with Crippen LogP contribution >= 0.6 is 0 Å². The zero-order valence-electron chi connectivity index (χ0n) is 9.47. The highest BCUT2D eigenvalue weighted by atomic mass is 16.5. The molecule has 0 radical (unpaired) electrons. The lowest BCUT2D eigenvalue weighted by molar-refractivity contribution is -0.113. The van der Waals surface area contributed by atoms with Crippen LogP contribution in [0.15, 0.2) is 18.7 Å². The molecule has 0 aliphatic carbocycles. The molecule has 0 aliphatic heterocycles. The molecule has 1 aromatic heterocycles. The average molecular weight is 210 g/mol. The van der Waals surface area contributed by atoms with Crippen LogP contribution in [0.3, 0.4) is 0 Å². The highest BCUT2D eigenvalue weighted by Crippen LogP contribution is 2.31. The number of aromatic nitrogens is 2. The van der Waals surface area contributed by atoms with Gasteiger partial charge in [0.1, 0.15) is 12.4 Å². The number of aliphatic hydroxyl groups is 1. The molecule has 1 heterocycles. The lowest BCUT2D eigenvalue weighted by Gasteiger charge is -2.33. The van der Waals surface area contributed by atoms with Gasteiger partial charge in [0.2, 0.25) is 0 Å². The van der Waals surface area contributed by atoms with Crippen molar-refractivity contribution >= 4 is 0 Å². The Hall–Kier alpha value is -1.00. The summed E-state index contributed by atoms with van der Waals surface area (Å²) in [5.41, 5.74) is 0.120. The second kappa shape index (κ2) is 5.19. The minimum Gasteiger partial charge on any atom is -0.385 e. The fourth-order valence-corrected chi connectivity index (χ4v) is 1.51. The number of ether oxygens (including phenoxy) is 1. The van der Waals surface area contributed by atoms with Crippen molar-refractivity contribution in [1.82, 2.24) is 9.97 Å². The monoisotopic (exact) mass is 210 g/mol. The molecule has 2 unspecified atom stereocenters. The van der Waals surface area contributed by atoms with Crippen LogP contribution in [0, 0.1) is 0 Å². The van der Waals surface area contributed by atoms with E-state index in [9.17, 15) is 5.11 Å². The number of hydrogen-bond donors (Lipinski definition) is 1. The first-order valence-corrected chi connectivity index (χ1v) is 5.21. The summed E-state index contributed by atoms with van der Waals surface area (Å²) in [5, 5.41) is 10.2. The number of nitrogens with zero attached hydrogens (tertiary/aromatic N) is 2.